The molecule has 0 atom stereocenters. The number of methoxy groups -OCH3 is 1. The molecule has 0 spiro atoms. The third-order valence-corrected chi connectivity index (χ3v) is 3.85. The first-order valence-electron chi connectivity index (χ1n) is 7.07. The molecule has 1 heterocycles. The van der Waals surface area contributed by atoms with Gasteiger partial charge in [0.1, 0.15) is 5.75 Å². The van der Waals surface area contributed by atoms with Crippen LogP contribution in [0.5, 0.6) is 5.75 Å². The number of benzene rings is 1. The van der Waals surface area contributed by atoms with Gasteiger partial charge in [0.2, 0.25) is 0 Å². The van der Waals surface area contributed by atoms with Crippen molar-refractivity contribution in [2.24, 2.45) is 7.05 Å². The summed E-state index contributed by atoms with van der Waals surface area (Å²) in [5, 5.41) is 2.97. The zero-order chi connectivity index (χ0) is 15.4. The molecule has 2 aromatic rings. The summed E-state index contributed by atoms with van der Waals surface area (Å²) >= 11 is 0. The van der Waals surface area contributed by atoms with E-state index in [-0.39, 0.29) is 5.91 Å². The molecule has 0 aliphatic carbocycles. The number of carbonyl (C=O) groups excluding carboxylic acids is 1. The minimum atomic E-state index is -0.0147. The highest BCUT2D eigenvalue weighted by atomic mass is 16.5. The molecule has 0 saturated carbocycles. The van der Waals surface area contributed by atoms with E-state index in [1.807, 2.05) is 55.8 Å². The fourth-order valence-electron chi connectivity index (χ4n) is 2.33. The van der Waals surface area contributed by atoms with E-state index in [2.05, 4.69) is 5.32 Å². The second-order valence-corrected chi connectivity index (χ2v) is 5.20. The molecule has 2 rings (SSSR count). The first-order valence-corrected chi connectivity index (χ1v) is 7.07. The highest BCUT2D eigenvalue weighted by Gasteiger charge is 2.13. The largest absolute Gasteiger partial charge is 0.497 e. The Hall–Kier alpha value is -2.23. The summed E-state index contributed by atoms with van der Waals surface area (Å²) in [5.41, 5.74) is 3.98. The van der Waals surface area contributed by atoms with E-state index >= 15 is 0 Å². The van der Waals surface area contributed by atoms with Gasteiger partial charge in [-0.05, 0) is 44.0 Å². The van der Waals surface area contributed by atoms with E-state index in [0.29, 0.717) is 6.54 Å². The predicted molar refractivity (Wildman–Crippen MR) is 83.9 cm³/mol. The van der Waals surface area contributed by atoms with Gasteiger partial charge in [0.05, 0.1) is 12.7 Å². The molecule has 0 saturated heterocycles. The van der Waals surface area contributed by atoms with Crippen LogP contribution in [-0.2, 0) is 13.5 Å². The lowest BCUT2D eigenvalue weighted by molar-refractivity contribution is 0.0953. The van der Waals surface area contributed by atoms with E-state index in [9.17, 15) is 4.79 Å². The molecule has 1 N–H and O–H groups in total. The predicted octanol–water partition coefficient (Wildman–Crippen LogP) is 2.62. The van der Waals surface area contributed by atoms with Crippen molar-refractivity contribution >= 4 is 5.91 Å². The first kappa shape index (κ1) is 15.2. The van der Waals surface area contributed by atoms with Crippen molar-refractivity contribution in [3.63, 3.8) is 0 Å². The number of amides is 1. The summed E-state index contributed by atoms with van der Waals surface area (Å²) in [4.78, 5) is 12.2. The number of nitrogens with zero attached hydrogens (tertiary/aromatic N) is 1. The standard InChI is InChI=1S/C17H22N2O2/c1-12-10-16(13(2)19(12)3)17(20)18-9-8-14-6-5-7-15(11-14)21-4/h5-7,10-11H,8-9H2,1-4H3,(H,18,20). The van der Waals surface area contributed by atoms with Gasteiger partial charge >= 0.3 is 0 Å². The maximum Gasteiger partial charge on any atom is 0.253 e. The highest BCUT2D eigenvalue weighted by molar-refractivity contribution is 5.95. The summed E-state index contributed by atoms with van der Waals surface area (Å²) in [5.74, 6) is 0.826. The van der Waals surface area contributed by atoms with Crippen molar-refractivity contribution in [2.75, 3.05) is 13.7 Å². The zero-order valence-electron chi connectivity index (χ0n) is 13.1. The molecular weight excluding hydrogens is 264 g/mol. The Labute approximate surface area is 125 Å². The average Bonchev–Trinajstić information content (AvgIpc) is 2.75. The van der Waals surface area contributed by atoms with Crippen molar-refractivity contribution in [3.05, 3.63) is 52.8 Å². The summed E-state index contributed by atoms with van der Waals surface area (Å²) in [6.07, 6.45) is 0.786. The molecule has 0 aliphatic heterocycles. The van der Waals surface area contributed by atoms with Gasteiger partial charge in [0.25, 0.3) is 5.91 Å². The van der Waals surface area contributed by atoms with E-state index in [1.165, 1.54) is 0 Å². The molecule has 0 radical (unpaired) electrons. The van der Waals surface area contributed by atoms with Gasteiger partial charge in [0, 0.05) is 25.0 Å². The zero-order valence-corrected chi connectivity index (χ0v) is 13.1. The smallest absolute Gasteiger partial charge is 0.253 e. The normalized spacial score (nSPS) is 10.5. The maximum absolute atomic E-state index is 12.2. The molecule has 0 fully saturated rings. The summed E-state index contributed by atoms with van der Waals surface area (Å²) in [6, 6.07) is 9.83. The number of rotatable bonds is 5. The second kappa shape index (κ2) is 6.48. The van der Waals surface area contributed by atoms with Crippen molar-refractivity contribution in [3.8, 4) is 5.75 Å². The van der Waals surface area contributed by atoms with Gasteiger partial charge in [-0.15, -0.1) is 0 Å². The Morgan fingerprint density at radius 2 is 2.05 bits per heavy atom. The molecule has 4 heteroatoms. The number of aromatic nitrogens is 1. The third kappa shape index (κ3) is 3.45. The molecule has 0 bridgehead atoms. The van der Waals surface area contributed by atoms with Crippen LogP contribution in [0.15, 0.2) is 30.3 Å². The number of ether oxygens (including phenoxy) is 1. The van der Waals surface area contributed by atoms with Gasteiger partial charge in [0.15, 0.2) is 0 Å². The van der Waals surface area contributed by atoms with Crippen molar-refractivity contribution in [1.82, 2.24) is 9.88 Å². The van der Waals surface area contributed by atoms with Crippen LogP contribution >= 0.6 is 0 Å². The second-order valence-electron chi connectivity index (χ2n) is 5.20. The van der Waals surface area contributed by atoms with Gasteiger partial charge < -0.3 is 14.6 Å². The Morgan fingerprint density at radius 1 is 1.29 bits per heavy atom. The van der Waals surface area contributed by atoms with Crippen molar-refractivity contribution in [1.29, 1.82) is 0 Å². The minimum Gasteiger partial charge on any atom is -0.497 e. The van der Waals surface area contributed by atoms with Crippen LogP contribution in [0.3, 0.4) is 0 Å². The van der Waals surface area contributed by atoms with Crippen LogP contribution in [0.2, 0.25) is 0 Å². The third-order valence-electron chi connectivity index (χ3n) is 3.85. The Morgan fingerprint density at radius 3 is 2.67 bits per heavy atom. The molecular formula is C17H22N2O2. The Kier molecular flexibility index (Phi) is 4.68. The lowest BCUT2D eigenvalue weighted by Gasteiger charge is -2.07. The van der Waals surface area contributed by atoms with Crippen LogP contribution < -0.4 is 10.1 Å². The fourth-order valence-corrected chi connectivity index (χ4v) is 2.33. The SMILES string of the molecule is COc1cccc(CCNC(=O)c2cc(C)n(C)c2C)c1. The van der Waals surface area contributed by atoms with Crippen LogP contribution in [-0.4, -0.2) is 24.1 Å². The molecule has 112 valence electrons. The lowest BCUT2D eigenvalue weighted by Crippen LogP contribution is -2.26. The van der Waals surface area contributed by atoms with Crippen molar-refractivity contribution in [2.45, 2.75) is 20.3 Å². The van der Waals surface area contributed by atoms with Gasteiger partial charge in [-0.2, -0.15) is 0 Å². The van der Waals surface area contributed by atoms with Crippen LogP contribution in [0, 0.1) is 13.8 Å². The molecule has 21 heavy (non-hydrogen) atoms. The van der Waals surface area contributed by atoms with Crippen LogP contribution in [0.1, 0.15) is 27.3 Å². The topological polar surface area (TPSA) is 43.3 Å². The molecule has 1 amide bonds. The average molecular weight is 286 g/mol. The lowest BCUT2D eigenvalue weighted by atomic mass is 10.1. The number of aryl methyl sites for hydroxylation is 1. The monoisotopic (exact) mass is 286 g/mol. The van der Waals surface area contributed by atoms with Crippen LogP contribution in [0.4, 0.5) is 0 Å². The summed E-state index contributed by atoms with van der Waals surface area (Å²) in [7, 11) is 3.62. The number of nitrogens with one attached hydrogen (secondary N) is 1. The Bertz CT molecular complexity index is 644. The van der Waals surface area contributed by atoms with Crippen LogP contribution in [0.25, 0.3) is 0 Å². The highest BCUT2D eigenvalue weighted by Crippen LogP contribution is 2.14. The number of hydrogen-bond donors (Lipinski definition) is 1. The van der Waals surface area contributed by atoms with E-state index in [0.717, 1.165) is 34.7 Å². The van der Waals surface area contributed by atoms with Crippen molar-refractivity contribution < 1.29 is 9.53 Å². The molecule has 0 aliphatic rings. The summed E-state index contributed by atoms with van der Waals surface area (Å²) < 4.78 is 7.22. The van der Waals surface area contributed by atoms with Gasteiger partial charge in [-0.3, -0.25) is 4.79 Å². The molecule has 0 unspecified atom stereocenters. The van der Waals surface area contributed by atoms with E-state index in [4.69, 9.17) is 4.74 Å². The number of carbonyl (C=O) groups is 1. The maximum atomic E-state index is 12.2. The molecule has 1 aromatic heterocycles. The Balaban J connectivity index is 1.93. The van der Waals surface area contributed by atoms with E-state index in [1.54, 1.807) is 7.11 Å². The van der Waals surface area contributed by atoms with E-state index < -0.39 is 0 Å². The first-order chi connectivity index (χ1) is 10.0. The molecule has 4 nitrogen and oxygen atoms in total. The fraction of sp³-hybridized carbons (Fsp3) is 0.353. The quantitative estimate of drug-likeness (QED) is 0.918. The minimum absolute atomic E-state index is 0.0147. The van der Waals surface area contributed by atoms with Gasteiger partial charge in [-0.1, -0.05) is 12.1 Å². The molecule has 1 aromatic carbocycles. The summed E-state index contributed by atoms with van der Waals surface area (Å²) in [6.45, 7) is 4.57. The van der Waals surface area contributed by atoms with Gasteiger partial charge in [-0.25, -0.2) is 0 Å². The number of hydrogen-bond acceptors (Lipinski definition) is 2.